The quantitative estimate of drug-likeness (QED) is 0.809. The van der Waals surface area contributed by atoms with Gasteiger partial charge in [-0.15, -0.1) is 0 Å². The maximum atomic E-state index is 11.3. The van der Waals surface area contributed by atoms with Crippen molar-refractivity contribution in [1.82, 2.24) is 10.2 Å². The normalized spacial score (nSPS) is 29.9. The van der Waals surface area contributed by atoms with Crippen LogP contribution in [0.25, 0.3) is 0 Å². The Balaban J connectivity index is 2.68. The molecule has 96 valence electrons. The lowest BCUT2D eigenvalue weighted by atomic mass is 9.96. The van der Waals surface area contributed by atoms with Gasteiger partial charge in [-0.05, 0) is 27.2 Å². The third kappa shape index (κ3) is 3.82. The second-order valence-corrected chi connectivity index (χ2v) is 7.07. The average Bonchev–Trinajstić information content (AvgIpc) is 2.15. The van der Waals surface area contributed by atoms with Gasteiger partial charge in [-0.1, -0.05) is 6.92 Å². The summed E-state index contributed by atoms with van der Waals surface area (Å²) in [6.45, 7) is 11.0. The first-order valence-electron chi connectivity index (χ1n) is 6.16. The van der Waals surface area contributed by atoms with Crippen molar-refractivity contribution >= 4 is 10.8 Å². The number of hydrogen-bond acceptors (Lipinski definition) is 3. The SMILES string of the molecule is CCC1CNC(C)(C)CN1C(C)CS(C)=O. The monoisotopic (exact) mass is 246 g/mol. The highest BCUT2D eigenvalue weighted by atomic mass is 32.2. The molecule has 0 aromatic heterocycles. The van der Waals surface area contributed by atoms with Crippen LogP contribution >= 0.6 is 0 Å². The summed E-state index contributed by atoms with van der Waals surface area (Å²) in [6.07, 6.45) is 2.95. The van der Waals surface area contributed by atoms with E-state index in [0.29, 0.717) is 12.1 Å². The predicted octanol–water partition coefficient (Wildman–Crippen LogP) is 1.22. The Morgan fingerprint density at radius 2 is 2.19 bits per heavy atom. The molecule has 0 amide bonds. The van der Waals surface area contributed by atoms with E-state index in [4.69, 9.17) is 0 Å². The van der Waals surface area contributed by atoms with Crippen LogP contribution in [0.3, 0.4) is 0 Å². The van der Waals surface area contributed by atoms with E-state index in [9.17, 15) is 4.21 Å². The van der Waals surface area contributed by atoms with E-state index < -0.39 is 10.8 Å². The number of nitrogens with zero attached hydrogens (tertiary/aromatic N) is 1. The minimum atomic E-state index is -0.701. The van der Waals surface area contributed by atoms with E-state index in [-0.39, 0.29) is 5.54 Å². The molecule has 3 atom stereocenters. The maximum absolute atomic E-state index is 11.3. The summed E-state index contributed by atoms with van der Waals surface area (Å²) in [5, 5.41) is 3.58. The third-order valence-electron chi connectivity index (χ3n) is 3.38. The second-order valence-electron chi connectivity index (χ2n) is 5.59. The summed E-state index contributed by atoms with van der Waals surface area (Å²) in [5.41, 5.74) is 0.176. The van der Waals surface area contributed by atoms with Crippen LogP contribution in [0.4, 0.5) is 0 Å². The Kier molecular flexibility index (Phi) is 4.95. The van der Waals surface area contributed by atoms with Crippen LogP contribution < -0.4 is 5.32 Å². The molecule has 1 fully saturated rings. The fraction of sp³-hybridized carbons (Fsp3) is 1.00. The summed E-state index contributed by atoms with van der Waals surface area (Å²) in [6, 6.07) is 1.00. The second kappa shape index (κ2) is 5.61. The van der Waals surface area contributed by atoms with Gasteiger partial charge in [0.2, 0.25) is 0 Å². The highest BCUT2D eigenvalue weighted by molar-refractivity contribution is 7.84. The molecule has 1 saturated heterocycles. The van der Waals surface area contributed by atoms with Gasteiger partial charge < -0.3 is 5.32 Å². The Morgan fingerprint density at radius 1 is 1.56 bits per heavy atom. The largest absolute Gasteiger partial charge is 0.309 e. The Labute approximate surface area is 102 Å². The van der Waals surface area contributed by atoms with E-state index in [1.54, 1.807) is 6.26 Å². The van der Waals surface area contributed by atoms with Crippen LogP contribution in [-0.4, -0.2) is 51.8 Å². The molecule has 0 spiro atoms. The lowest BCUT2D eigenvalue weighted by Crippen LogP contribution is -2.63. The molecular weight excluding hydrogens is 220 g/mol. The molecule has 0 radical (unpaired) electrons. The molecule has 1 aliphatic heterocycles. The first kappa shape index (κ1) is 14.1. The molecular formula is C12H26N2OS. The van der Waals surface area contributed by atoms with Crippen molar-refractivity contribution in [3.63, 3.8) is 0 Å². The van der Waals surface area contributed by atoms with Gasteiger partial charge in [-0.3, -0.25) is 9.11 Å². The Morgan fingerprint density at radius 3 is 2.69 bits per heavy atom. The van der Waals surface area contributed by atoms with Crippen molar-refractivity contribution in [2.45, 2.75) is 51.7 Å². The molecule has 3 unspecified atom stereocenters. The van der Waals surface area contributed by atoms with E-state index in [2.05, 4.69) is 37.9 Å². The van der Waals surface area contributed by atoms with Crippen molar-refractivity contribution in [3.05, 3.63) is 0 Å². The first-order valence-corrected chi connectivity index (χ1v) is 7.89. The molecule has 0 bridgehead atoms. The standard InChI is InChI=1S/C12H26N2OS/c1-6-11-7-13-12(3,4)9-14(11)10(2)8-16(5)15/h10-11,13H,6-9H2,1-5H3. The molecule has 3 nitrogen and oxygen atoms in total. The zero-order valence-corrected chi connectivity index (χ0v) is 12.1. The minimum Gasteiger partial charge on any atom is -0.309 e. The van der Waals surface area contributed by atoms with Gasteiger partial charge in [-0.25, -0.2) is 0 Å². The molecule has 4 heteroatoms. The molecule has 16 heavy (non-hydrogen) atoms. The van der Waals surface area contributed by atoms with Crippen molar-refractivity contribution in [2.75, 3.05) is 25.1 Å². The molecule has 1 aliphatic rings. The van der Waals surface area contributed by atoms with Crippen LogP contribution in [0, 0.1) is 0 Å². The first-order chi connectivity index (χ1) is 7.35. The van der Waals surface area contributed by atoms with Gasteiger partial charge in [-0.2, -0.15) is 0 Å². The molecule has 0 aromatic rings. The fourth-order valence-electron chi connectivity index (χ4n) is 2.48. The van der Waals surface area contributed by atoms with Gasteiger partial charge in [0.15, 0.2) is 0 Å². The van der Waals surface area contributed by atoms with Crippen molar-refractivity contribution in [1.29, 1.82) is 0 Å². The van der Waals surface area contributed by atoms with Crippen molar-refractivity contribution in [3.8, 4) is 0 Å². The van der Waals surface area contributed by atoms with Crippen LogP contribution in [-0.2, 0) is 10.8 Å². The lowest BCUT2D eigenvalue weighted by Gasteiger charge is -2.47. The highest BCUT2D eigenvalue weighted by Crippen LogP contribution is 2.20. The summed E-state index contributed by atoms with van der Waals surface area (Å²) >= 11 is 0. The van der Waals surface area contributed by atoms with E-state index in [0.717, 1.165) is 25.3 Å². The van der Waals surface area contributed by atoms with Gasteiger partial charge in [0, 0.05) is 53.5 Å². The average molecular weight is 246 g/mol. The summed E-state index contributed by atoms with van der Waals surface area (Å²) in [7, 11) is -0.701. The number of nitrogens with one attached hydrogen (secondary N) is 1. The number of piperazine rings is 1. The van der Waals surface area contributed by atoms with E-state index in [1.807, 2.05) is 0 Å². The summed E-state index contributed by atoms with van der Waals surface area (Å²) < 4.78 is 11.3. The smallest absolute Gasteiger partial charge is 0.0385 e. The van der Waals surface area contributed by atoms with Crippen molar-refractivity contribution in [2.24, 2.45) is 0 Å². The number of hydrogen-bond donors (Lipinski definition) is 1. The van der Waals surface area contributed by atoms with Gasteiger partial charge >= 0.3 is 0 Å². The van der Waals surface area contributed by atoms with Gasteiger partial charge in [0.05, 0.1) is 0 Å². The topological polar surface area (TPSA) is 32.3 Å². The van der Waals surface area contributed by atoms with Crippen LogP contribution in [0.5, 0.6) is 0 Å². The molecule has 1 heterocycles. The zero-order valence-electron chi connectivity index (χ0n) is 11.2. The van der Waals surface area contributed by atoms with Crippen LogP contribution in [0.1, 0.15) is 34.1 Å². The lowest BCUT2D eigenvalue weighted by molar-refractivity contribution is 0.0664. The van der Waals surface area contributed by atoms with Gasteiger partial charge in [0.1, 0.15) is 0 Å². The summed E-state index contributed by atoms with van der Waals surface area (Å²) in [4.78, 5) is 2.53. The van der Waals surface area contributed by atoms with Gasteiger partial charge in [0.25, 0.3) is 0 Å². The fourth-order valence-corrected chi connectivity index (χ4v) is 3.35. The van der Waals surface area contributed by atoms with Crippen LogP contribution in [0.15, 0.2) is 0 Å². The minimum absolute atomic E-state index is 0.176. The zero-order chi connectivity index (χ0) is 12.3. The van der Waals surface area contributed by atoms with Crippen LogP contribution in [0.2, 0.25) is 0 Å². The summed E-state index contributed by atoms with van der Waals surface area (Å²) in [5.74, 6) is 0.784. The van der Waals surface area contributed by atoms with E-state index in [1.165, 1.54) is 0 Å². The Bertz CT molecular complexity index is 255. The molecule has 1 rings (SSSR count). The predicted molar refractivity (Wildman–Crippen MR) is 71.3 cm³/mol. The molecule has 0 aliphatic carbocycles. The van der Waals surface area contributed by atoms with Crippen molar-refractivity contribution < 1.29 is 4.21 Å². The maximum Gasteiger partial charge on any atom is 0.0385 e. The Hall–Kier alpha value is 0.0700. The number of rotatable bonds is 4. The molecule has 1 N–H and O–H groups in total. The molecule has 0 aromatic carbocycles. The highest BCUT2D eigenvalue weighted by Gasteiger charge is 2.34. The third-order valence-corrected chi connectivity index (χ3v) is 4.33. The van der Waals surface area contributed by atoms with E-state index >= 15 is 0 Å². The molecule has 0 saturated carbocycles.